The van der Waals surface area contributed by atoms with Crippen LogP contribution in [0.5, 0.6) is 0 Å². The summed E-state index contributed by atoms with van der Waals surface area (Å²) < 4.78 is 23.4. The molecule has 13 heavy (non-hydrogen) atoms. The summed E-state index contributed by atoms with van der Waals surface area (Å²) in [6.07, 6.45) is -0.746. The SMILES string of the molecule is CCC1(CC#CCC(F)F)CNC1. The summed E-state index contributed by atoms with van der Waals surface area (Å²) in [6, 6.07) is 0. The van der Waals surface area contributed by atoms with Crippen molar-refractivity contribution in [3.8, 4) is 11.8 Å². The van der Waals surface area contributed by atoms with Gasteiger partial charge in [-0.3, -0.25) is 0 Å². The second-order valence-corrected chi connectivity index (χ2v) is 3.58. The van der Waals surface area contributed by atoms with E-state index in [9.17, 15) is 8.78 Å². The highest BCUT2D eigenvalue weighted by atomic mass is 19.3. The number of alkyl halides is 2. The Balaban J connectivity index is 2.26. The molecule has 0 aliphatic carbocycles. The lowest BCUT2D eigenvalue weighted by atomic mass is 9.76. The van der Waals surface area contributed by atoms with E-state index in [-0.39, 0.29) is 11.8 Å². The van der Waals surface area contributed by atoms with Gasteiger partial charge in [0.15, 0.2) is 0 Å². The third-order valence-electron chi connectivity index (χ3n) is 2.59. The summed E-state index contributed by atoms with van der Waals surface area (Å²) in [4.78, 5) is 0. The molecular formula is C10H15F2N. The highest BCUT2D eigenvalue weighted by Crippen LogP contribution is 2.29. The van der Waals surface area contributed by atoms with Gasteiger partial charge in [0.05, 0.1) is 6.42 Å². The first-order chi connectivity index (χ1) is 6.18. The average Bonchev–Trinajstić information content (AvgIpc) is 2.01. The van der Waals surface area contributed by atoms with Crippen LogP contribution in [0.15, 0.2) is 0 Å². The fourth-order valence-electron chi connectivity index (χ4n) is 1.38. The van der Waals surface area contributed by atoms with Gasteiger partial charge in [0.2, 0.25) is 6.43 Å². The van der Waals surface area contributed by atoms with Crippen molar-refractivity contribution in [2.24, 2.45) is 5.41 Å². The summed E-state index contributed by atoms with van der Waals surface area (Å²) >= 11 is 0. The molecule has 1 aliphatic heterocycles. The molecule has 0 aromatic carbocycles. The Bertz CT molecular complexity index is 205. The number of hydrogen-bond acceptors (Lipinski definition) is 1. The monoisotopic (exact) mass is 187 g/mol. The number of halogens is 2. The molecule has 0 amide bonds. The Kier molecular flexibility index (Phi) is 3.68. The van der Waals surface area contributed by atoms with Crippen molar-refractivity contribution < 1.29 is 8.78 Å². The Labute approximate surface area is 77.9 Å². The molecule has 0 unspecified atom stereocenters. The maximum absolute atomic E-state index is 11.7. The van der Waals surface area contributed by atoms with Crippen molar-refractivity contribution in [3.63, 3.8) is 0 Å². The fourth-order valence-corrected chi connectivity index (χ4v) is 1.38. The predicted molar refractivity (Wildman–Crippen MR) is 48.6 cm³/mol. The van der Waals surface area contributed by atoms with Gasteiger partial charge in [-0.15, -0.1) is 5.92 Å². The third-order valence-corrected chi connectivity index (χ3v) is 2.59. The smallest absolute Gasteiger partial charge is 0.249 e. The number of nitrogens with one attached hydrogen (secondary N) is 1. The van der Waals surface area contributed by atoms with E-state index in [2.05, 4.69) is 24.1 Å². The molecule has 1 aliphatic rings. The van der Waals surface area contributed by atoms with Crippen LogP contribution in [0.2, 0.25) is 0 Å². The van der Waals surface area contributed by atoms with Crippen LogP contribution < -0.4 is 5.32 Å². The highest BCUT2D eigenvalue weighted by Gasteiger charge is 2.33. The summed E-state index contributed by atoms with van der Waals surface area (Å²) in [7, 11) is 0. The second kappa shape index (κ2) is 4.57. The van der Waals surface area contributed by atoms with Crippen molar-refractivity contribution >= 4 is 0 Å². The predicted octanol–water partition coefficient (Wildman–Crippen LogP) is 2.03. The second-order valence-electron chi connectivity index (χ2n) is 3.58. The molecule has 1 saturated heterocycles. The largest absolute Gasteiger partial charge is 0.315 e. The average molecular weight is 187 g/mol. The fraction of sp³-hybridized carbons (Fsp3) is 0.800. The normalized spacial score (nSPS) is 19.1. The lowest BCUT2D eigenvalue weighted by molar-refractivity contribution is 0.154. The molecule has 3 heteroatoms. The van der Waals surface area contributed by atoms with E-state index in [0.29, 0.717) is 0 Å². The first-order valence-electron chi connectivity index (χ1n) is 4.63. The maximum Gasteiger partial charge on any atom is 0.249 e. The molecule has 74 valence electrons. The maximum atomic E-state index is 11.7. The zero-order valence-electron chi connectivity index (χ0n) is 7.87. The molecule has 0 saturated carbocycles. The molecule has 0 bridgehead atoms. The molecule has 0 radical (unpaired) electrons. The minimum atomic E-state index is -2.29. The van der Waals surface area contributed by atoms with E-state index in [1.54, 1.807) is 0 Å². The number of rotatable bonds is 3. The first-order valence-corrected chi connectivity index (χ1v) is 4.63. The molecule has 1 nitrogen and oxygen atoms in total. The van der Waals surface area contributed by atoms with Gasteiger partial charge >= 0.3 is 0 Å². The van der Waals surface area contributed by atoms with E-state index in [1.807, 2.05) is 0 Å². The summed E-state index contributed by atoms with van der Waals surface area (Å²) in [5, 5.41) is 3.19. The Hall–Kier alpha value is -0.620. The van der Waals surface area contributed by atoms with Crippen LogP contribution in [0, 0.1) is 17.3 Å². The molecule has 0 atom stereocenters. The Morgan fingerprint density at radius 1 is 1.38 bits per heavy atom. The van der Waals surface area contributed by atoms with Gasteiger partial charge in [-0.25, -0.2) is 8.78 Å². The van der Waals surface area contributed by atoms with Gasteiger partial charge in [0.25, 0.3) is 0 Å². The zero-order chi connectivity index (χ0) is 9.73. The Morgan fingerprint density at radius 3 is 2.46 bits per heavy atom. The van der Waals surface area contributed by atoms with Crippen LogP contribution >= 0.6 is 0 Å². The topological polar surface area (TPSA) is 12.0 Å². The summed E-state index contributed by atoms with van der Waals surface area (Å²) in [5.74, 6) is 5.36. The summed E-state index contributed by atoms with van der Waals surface area (Å²) in [6.45, 7) is 4.08. The van der Waals surface area contributed by atoms with Crippen molar-refractivity contribution in [1.29, 1.82) is 0 Å². The molecule has 0 aromatic heterocycles. The molecule has 1 heterocycles. The van der Waals surface area contributed by atoms with E-state index in [4.69, 9.17) is 0 Å². The van der Waals surface area contributed by atoms with Crippen LogP contribution in [0.3, 0.4) is 0 Å². The van der Waals surface area contributed by atoms with E-state index >= 15 is 0 Å². The lowest BCUT2D eigenvalue weighted by Crippen LogP contribution is -2.52. The minimum Gasteiger partial charge on any atom is -0.315 e. The first kappa shape index (κ1) is 10.5. The molecule has 0 aromatic rings. The van der Waals surface area contributed by atoms with Gasteiger partial charge in [0.1, 0.15) is 0 Å². The van der Waals surface area contributed by atoms with Crippen LogP contribution in [-0.2, 0) is 0 Å². The van der Waals surface area contributed by atoms with E-state index < -0.39 is 6.43 Å². The molecular weight excluding hydrogens is 172 g/mol. The van der Waals surface area contributed by atoms with Gasteiger partial charge in [-0.2, -0.15) is 0 Å². The third kappa shape index (κ3) is 2.96. The van der Waals surface area contributed by atoms with E-state index in [0.717, 1.165) is 25.9 Å². The lowest BCUT2D eigenvalue weighted by Gasteiger charge is -2.40. The number of hydrogen-bond donors (Lipinski definition) is 1. The van der Waals surface area contributed by atoms with Crippen molar-refractivity contribution in [1.82, 2.24) is 5.32 Å². The summed E-state index contributed by atoms with van der Waals surface area (Å²) in [5.41, 5.74) is 0.273. The van der Waals surface area contributed by atoms with Crippen LogP contribution in [0.25, 0.3) is 0 Å². The standard InChI is InChI=1S/C10H15F2N/c1-2-10(7-13-8-10)6-4-3-5-9(11)12/h9,13H,2,5-8H2,1H3. The van der Waals surface area contributed by atoms with Gasteiger partial charge in [-0.1, -0.05) is 12.8 Å². The molecule has 1 N–H and O–H groups in total. The highest BCUT2D eigenvalue weighted by molar-refractivity contribution is 5.07. The van der Waals surface area contributed by atoms with Gasteiger partial charge < -0.3 is 5.32 Å². The quantitative estimate of drug-likeness (QED) is 0.667. The van der Waals surface area contributed by atoms with Gasteiger partial charge in [-0.05, 0) is 6.42 Å². The zero-order valence-corrected chi connectivity index (χ0v) is 7.87. The van der Waals surface area contributed by atoms with Crippen LogP contribution in [-0.4, -0.2) is 19.5 Å². The van der Waals surface area contributed by atoms with E-state index in [1.165, 1.54) is 0 Å². The Morgan fingerprint density at radius 2 is 2.08 bits per heavy atom. The van der Waals surface area contributed by atoms with Crippen molar-refractivity contribution in [2.75, 3.05) is 13.1 Å². The van der Waals surface area contributed by atoms with Gasteiger partial charge in [0, 0.05) is 24.9 Å². The molecule has 1 fully saturated rings. The molecule has 1 rings (SSSR count). The van der Waals surface area contributed by atoms with Crippen molar-refractivity contribution in [2.45, 2.75) is 32.6 Å². The molecule has 0 spiro atoms. The van der Waals surface area contributed by atoms with Crippen LogP contribution in [0.1, 0.15) is 26.2 Å². The minimum absolute atomic E-state index is 0.273. The van der Waals surface area contributed by atoms with Crippen LogP contribution in [0.4, 0.5) is 8.78 Å². The van der Waals surface area contributed by atoms with Crippen molar-refractivity contribution in [3.05, 3.63) is 0 Å².